The van der Waals surface area contributed by atoms with Gasteiger partial charge in [-0.1, -0.05) is 61.8 Å². The third-order valence-corrected chi connectivity index (χ3v) is 7.53. The first-order valence-corrected chi connectivity index (χ1v) is 11.2. The number of hydrogen-bond acceptors (Lipinski definition) is 3. The number of allylic oxidation sites excluding steroid dienone is 5. The van der Waals surface area contributed by atoms with Crippen molar-refractivity contribution in [2.24, 2.45) is 5.41 Å². The minimum absolute atomic E-state index is 0.116. The molecule has 0 radical (unpaired) electrons. The zero-order chi connectivity index (χ0) is 20.2. The summed E-state index contributed by atoms with van der Waals surface area (Å²) in [5.74, 6) is -0.239. The first-order valence-electron chi connectivity index (χ1n) is 9.95. The second-order valence-corrected chi connectivity index (χ2v) is 10.2. The molecule has 2 aliphatic rings. The van der Waals surface area contributed by atoms with E-state index in [-0.39, 0.29) is 28.5 Å². The van der Waals surface area contributed by atoms with Gasteiger partial charge < -0.3 is 4.74 Å². The Balaban J connectivity index is 2.08. The van der Waals surface area contributed by atoms with E-state index in [4.69, 9.17) is 4.74 Å². The summed E-state index contributed by atoms with van der Waals surface area (Å²) >= 11 is 0. The largest absolute Gasteiger partial charge is 0.464 e. The van der Waals surface area contributed by atoms with Gasteiger partial charge in [0.15, 0.2) is 0 Å². The van der Waals surface area contributed by atoms with Crippen LogP contribution in [0.5, 0.6) is 0 Å². The van der Waals surface area contributed by atoms with Gasteiger partial charge in [-0.2, -0.15) is 0 Å². The highest BCUT2D eigenvalue weighted by Gasteiger charge is 2.32. The molecular formula is C23H34O3S. The fourth-order valence-electron chi connectivity index (χ4n) is 3.93. The average molecular weight is 391 g/mol. The van der Waals surface area contributed by atoms with Crippen molar-refractivity contribution < 1.29 is 13.7 Å². The van der Waals surface area contributed by atoms with Crippen LogP contribution in [0.3, 0.4) is 0 Å². The van der Waals surface area contributed by atoms with E-state index in [0.717, 1.165) is 11.1 Å². The van der Waals surface area contributed by atoms with Crippen molar-refractivity contribution >= 4 is 16.8 Å². The molecule has 150 valence electrons. The molecule has 0 aromatic heterocycles. The van der Waals surface area contributed by atoms with Crippen LogP contribution in [-0.2, 0) is 20.3 Å². The molecule has 0 amide bonds. The Morgan fingerprint density at radius 3 is 2.70 bits per heavy atom. The third kappa shape index (κ3) is 5.54. The fraction of sp³-hybridized carbons (Fsp3) is 0.609. The molecule has 0 saturated heterocycles. The number of carbonyl (C=O) groups is 1. The molecule has 0 fully saturated rings. The van der Waals surface area contributed by atoms with E-state index < -0.39 is 10.8 Å². The van der Waals surface area contributed by atoms with E-state index in [2.05, 4.69) is 45.9 Å². The summed E-state index contributed by atoms with van der Waals surface area (Å²) in [5.41, 5.74) is 5.30. The zero-order valence-corrected chi connectivity index (χ0v) is 18.4. The molecule has 3 nitrogen and oxygen atoms in total. The normalized spacial score (nSPS) is 28.6. The van der Waals surface area contributed by atoms with Crippen molar-refractivity contribution in [2.75, 3.05) is 6.61 Å². The Labute approximate surface area is 167 Å². The fourth-order valence-corrected chi connectivity index (χ4v) is 5.65. The van der Waals surface area contributed by atoms with Crippen molar-refractivity contribution in [1.29, 1.82) is 0 Å². The molecule has 0 saturated carbocycles. The number of esters is 1. The monoisotopic (exact) mass is 390 g/mol. The minimum Gasteiger partial charge on any atom is -0.464 e. The topological polar surface area (TPSA) is 43.4 Å². The van der Waals surface area contributed by atoms with Crippen molar-refractivity contribution in [3.05, 3.63) is 46.6 Å². The van der Waals surface area contributed by atoms with E-state index in [9.17, 15) is 9.00 Å². The SMILES string of the molecule is CCC(=O)OCC1C(C)=CC(/C=C(C)/C=C/C2=C(C)CCCC2(C)C)S1=O. The highest BCUT2D eigenvalue weighted by Crippen LogP contribution is 2.40. The van der Waals surface area contributed by atoms with Gasteiger partial charge in [-0.05, 0) is 51.0 Å². The van der Waals surface area contributed by atoms with Gasteiger partial charge in [0, 0.05) is 17.2 Å². The predicted molar refractivity (Wildman–Crippen MR) is 114 cm³/mol. The van der Waals surface area contributed by atoms with Crippen LogP contribution in [0.25, 0.3) is 0 Å². The molecule has 1 heterocycles. The van der Waals surface area contributed by atoms with Gasteiger partial charge in [0.1, 0.15) is 6.61 Å². The van der Waals surface area contributed by atoms with Crippen LogP contribution in [0.15, 0.2) is 46.6 Å². The van der Waals surface area contributed by atoms with E-state index in [0.29, 0.717) is 6.42 Å². The maximum Gasteiger partial charge on any atom is 0.305 e. The molecule has 1 aliphatic carbocycles. The zero-order valence-electron chi connectivity index (χ0n) is 17.6. The Morgan fingerprint density at radius 2 is 2.07 bits per heavy atom. The van der Waals surface area contributed by atoms with Crippen LogP contribution in [0.4, 0.5) is 0 Å². The Bertz CT molecular complexity index is 722. The van der Waals surface area contributed by atoms with Crippen LogP contribution in [0.1, 0.15) is 67.2 Å². The van der Waals surface area contributed by atoms with Gasteiger partial charge in [-0.3, -0.25) is 9.00 Å². The maximum atomic E-state index is 12.8. The summed E-state index contributed by atoms with van der Waals surface area (Å²) in [5, 5.41) is -0.310. The second-order valence-electron chi connectivity index (χ2n) is 8.40. The standard InChI is InChI=1S/C23H34O3S/c1-7-22(24)26-15-21-18(4)14-19(27(21)25)13-16(2)10-11-20-17(3)9-8-12-23(20,5)6/h10-11,13-14,19,21H,7-9,12,15H2,1-6H3/b11-10+,16-13+. The average Bonchev–Trinajstić information content (AvgIpc) is 2.85. The van der Waals surface area contributed by atoms with Gasteiger partial charge in [0.25, 0.3) is 0 Å². The van der Waals surface area contributed by atoms with E-state index >= 15 is 0 Å². The summed E-state index contributed by atoms with van der Waals surface area (Å²) < 4.78 is 18.0. The van der Waals surface area contributed by atoms with Crippen LogP contribution < -0.4 is 0 Å². The van der Waals surface area contributed by atoms with E-state index in [1.807, 2.05) is 13.0 Å². The number of ether oxygens (including phenoxy) is 1. The van der Waals surface area contributed by atoms with Crippen molar-refractivity contribution in [1.82, 2.24) is 0 Å². The molecule has 4 heteroatoms. The summed E-state index contributed by atoms with van der Waals surface area (Å²) in [4.78, 5) is 11.4. The molecular weight excluding hydrogens is 356 g/mol. The lowest BCUT2D eigenvalue weighted by Crippen LogP contribution is -2.24. The first-order chi connectivity index (χ1) is 12.7. The molecule has 0 aromatic rings. The summed E-state index contributed by atoms with van der Waals surface area (Å²) in [6, 6.07) is 0. The van der Waals surface area contributed by atoms with E-state index in [1.54, 1.807) is 6.92 Å². The van der Waals surface area contributed by atoms with Gasteiger partial charge in [-0.25, -0.2) is 0 Å². The van der Waals surface area contributed by atoms with Crippen molar-refractivity contribution in [2.45, 2.75) is 77.7 Å². The van der Waals surface area contributed by atoms with Gasteiger partial charge in [0.2, 0.25) is 0 Å². The third-order valence-electron chi connectivity index (χ3n) is 5.65. The number of carbonyl (C=O) groups excluding carboxylic acids is 1. The quantitative estimate of drug-likeness (QED) is 0.346. The summed E-state index contributed by atoms with van der Waals surface area (Å²) in [6.07, 6.45) is 12.5. The Kier molecular flexibility index (Phi) is 7.44. The predicted octanol–water partition coefficient (Wildman–Crippen LogP) is 5.41. The molecule has 0 spiro atoms. The highest BCUT2D eigenvalue weighted by molar-refractivity contribution is 7.87. The lowest BCUT2D eigenvalue weighted by atomic mass is 9.72. The van der Waals surface area contributed by atoms with Crippen LogP contribution in [-0.4, -0.2) is 27.3 Å². The molecule has 27 heavy (non-hydrogen) atoms. The van der Waals surface area contributed by atoms with Gasteiger partial charge in [0.05, 0.1) is 10.5 Å². The first kappa shape index (κ1) is 21.9. The Morgan fingerprint density at radius 1 is 1.37 bits per heavy atom. The second kappa shape index (κ2) is 9.18. The highest BCUT2D eigenvalue weighted by atomic mass is 32.2. The summed E-state index contributed by atoms with van der Waals surface area (Å²) in [7, 11) is -1.09. The van der Waals surface area contributed by atoms with Crippen LogP contribution in [0.2, 0.25) is 0 Å². The summed E-state index contributed by atoms with van der Waals surface area (Å²) in [6.45, 7) is 12.9. The lowest BCUT2D eigenvalue weighted by Gasteiger charge is -2.33. The number of hydrogen-bond donors (Lipinski definition) is 0. The molecule has 1 aliphatic heterocycles. The van der Waals surface area contributed by atoms with Crippen molar-refractivity contribution in [3.8, 4) is 0 Å². The molecule has 2 rings (SSSR count). The van der Waals surface area contributed by atoms with E-state index in [1.165, 1.54) is 30.4 Å². The lowest BCUT2D eigenvalue weighted by molar-refractivity contribution is -0.143. The molecule has 3 unspecified atom stereocenters. The number of rotatable bonds is 6. The molecule has 0 aromatic carbocycles. The molecule has 0 bridgehead atoms. The molecule has 0 N–H and O–H groups in total. The minimum atomic E-state index is -1.09. The van der Waals surface area contributed by atoms with Gasteiger partial charge >= 0.3 is 5.97 Å². The Hall–Kier alpha value is -1.42. The van der Waals surface area contributed by atoms with Gasteiger partial charge in [-0.15, -0.1) is 0 Å². The maximum absolute atomic E-state index is 12.8. The molecule has 3 atom stereocenters. The smallest absolute Gasteiger partial charge is 0.305 e. The van der Waals surface area contributed by atoms with Crippen LogP contribution in [0, 0.1) is 5.41 Å². The van der Waals surface area contributed by atoms with Crippen molar-refractivity contribution in [3.63, 3.8) is 0 Å². The van der Waals surface area contributed by atoms with Crippen LogP contribution >= 0.6 is 0 Å².